The molecule has 2 rings (SSSR count). The molecular formula is C14H27B2O4PSSi. The third-order valence-electron chi connectivity index (χ3n) is 5.54. The highest BCUT2D eigenvalue weighted by Gasteiger charge is 2.54. The zero-order valence-electron chi connectivity index (χ0n) is 15.0. The molecule has 23 heavy (non-hydrogen) atoms. The SMILES string of the molecule is [B][C@@H]1O[C@@]2(CCOP([B])(=S)OC2)C(C)[C@@H]1O[Si](C)(C)C(C)(C)C. The molecular weight excluding hydrogens is 345 g/mol. The normalized spacial score (nSPS) is 42.8. The van der Waals surface area contributed by atoms with Crippen LogP contribution in [0.2, 0.25) is 18.1 Å². The zero-order valence-corrected chi connectivity index (χ0v) is 17.7. The molecule has 5 atom stereocenters. The van der Waals surface area contributed by atoms with E-state index in [2.05, 4.69) is 40.8 Å². The van der Waals surface area contributed by atoms with Crippen molar-refractivity contribution in [2.24, 2.45) is 5.92 Å². The third-order valence-corrected chi connectivity index (χ3v) is 11.7. The molecule has 1 spiro atoms. The number of hydrogen-bond acceptors (Lipinski definition) is 5. The summed E-state index contributed by atoms with van der Waals surface area (Å²) in [5.74, 6) is 0.0864. The Morgan fingerprint density at radius 3 is 2.48 bits per heavy atom. The van der Waals surface area contributed by atoms with Gasteiger partial charge in [0.1, 0.15) is 14.2 Å². The molecule has 2 aliphatic rings. The Bertz CT molecular complexity index is 502. The van der Waals surface area contributed by atoms with Gasteiger partial charge in [-0.2, -0.15) is 0 Å². The van der Waals surface area contributed by atoms with Crippen molar-refractivity contribution in [2.45, 2.75) is 70.0 Å². The predicted molar refractivity (Wildman–Crippen MR) is 101 cm³/mol. The minimum absolute atomic E-state index is 0.0864. The fraction of sp³-hybridized carbons (Fsp3) is 1.00. The van der Waals surface area contributed by atoms with Crippen molar-refractivity contribution in [3.63, 3.8) is 0 Å². The first-order valence-corrected chi connectivity index (χ1v) is 13.7. The molecule has 0 bridgehead atoms. The van der Waals surface area contributed by atoms with Crippen molar-refractivity contribution >= 4 is 41.9 Å². The average molecular weight is 372 g/mol. The minimum Gasteiger partial charge on any atom is -0.412 e. The lowest BCUT2D eigenvalue weighted by Gasteiger charge is -2.41. The van der Waals surface area contributed by atoms with E-state index in [4.69, 9.17) is 45.4 Å². The highest BCUT2D eigenvalue weighted by Crippen LogP contribution is 2.51. The lowest BCUT2D eigenvalue weighted by atomic mass is 9.82. The van der Waals surface area contributed by atoms with Gasteiger partial charge in [-0.1, -0.05) is 27.7 Å². The van der Waals surface area contributed by atoms with Crippen molar-refractivity contribution < 1.29 is 18.2 Å². The molecule has 0 aromatic rings. The van der Waals surface area contributed by atoms with Crippen molar-refractivity contribution in [2.75, 3.05) is 13.2 Å². The van der Waals surface area contributed by atoms with Gasteiger partial charge < -0.3 is 18.2 Å². The van der Waals surface area contributed by atoms with Gasteiger partial charge in [0.2, 0.25) is 0 Å². The fourth-order valence-corrected chi connectivity index (χ4v) is 5.39. The van der Waals surface area contributed by atoms with Gasteiger partial charge in [-0.3, -0.25) is 0 Å². The van der Waals surface area contributed by atoms with Gasteiger partial charge >= 0.3 is 0 Å². The van der Waals surface area contributed by atoms with E-state index in [0.717, 1.165) is 0 Å². The summed E-state index contributed by atoms with van der Waals surface area (Å²) >= 11 is 5.17. The highest BCUT2D eigenvalue weighted by molar-refractivity contribution is 8.21. The van der Waals surface area contributed by atoms with Crippen LogP contribution >= 0.6 is 6.37 Å². The van der Waals surface area contributed by atoms with Crippen molar-refractivity contribution in [3.8, 4) is 0 Å². The van der Waals surface area contributed by atoms with E-state index in [1.807, 2.05) is 0 Å². The van der Waals surface area contributed by atoms with E-state index in [-0.39, 0.29) is 17.1 Å². The van der Waals surface area contributed by atoms with Crippen LogP contribution in [0.4, 0.5) is 0 Å². The number of hydrogen-bond donors (Lipinski definition) is 0. The Labute approximate surface area is 149 Å². The lowest BCUT2D eigenvalue weighted by molar-refractivity contribution is -0.0620. The van der Waals surface area contributed by atoms with Gasteiger partial charge in [0.25, 0.3) is 0 Å². The van der Waals surface area contributed by atoms with Crippen LogP contribution in [0.3, 0.4) is 0 Å². The van der Waals surface area contributed by atoms with Crippen LogP contribution in [0.5, 0.6) is 0 Å². The van der Waals surface area contributed by atoms with Crippen LogP contribution in [0.15, 0.2) is 0 Å². The van der Waals surface area contributed by atoms with E-state index < -0.39 is 26.3 Å². The van der Waals surface area contributed by atoms with E-state index in [9.17, 15) is 0 Å². The van der Waals surface area contributed by atoms with Crippen LogP contribution < -0.4 is 0 Å². The summed E-state index contributed by atoms with van der Waals surface area (Å²) in [6, 6.07) is -0.476. The Morgan fingerprint density at radius 2 is 1.91 bits per heavy atom. The van der Waals surface area contributed by atoms with Gasteiger partial charge in [-0.25, -0.2) is 0 Å². The second-order valence-corrected chi connectivity index (χ2v) is 16.1. The van der Waals surface area contributed by atoms with Gasteiger partial charge in [0.05, 0.1) is 24.9 Å². The van der Waals surface area contributed by atoms with Crippen LogP contribution in [0.25, 0.3) is 0 Å². The van der Waals surface area contributed by atoms with E-state index >= 15 is 0 Å². The maximum absolute atomic E-state index is 6.55. The van der Waals surface area contributed by atoms with Crippen molar-refractivity contribution in [1.82, 2.24) is 0 Å². The molecule has 2 unspecified atom stereocenters. The number of rotatable bonds is 2. The van der Waals surface area contributed by atoms with Crippen LogP contribution in [-0.2, 0) is 30.0 Å². The standard InChI is InChI=1S/C14H27B2O4PSSi/c1-10-11(20-23(5,6)13(2,3)4)12(15)19-14(10)7-8-17-21(16,22)18-9-14/h10-12H,7-9H2,1-6H3/t10?,11-,12+,14+,21?/m0/s1. The Hall–Kier alpha value is 0.837. The molecule has 128 valence electrons. The zero-order chi connectivity index (χ0) is 17.7. The molecule has 0 aromatic carbocycles. The summed E-state index contributed by atoms with van der Waals surface area (Å²) in [5.41, 5.74) is -0.535. The Morgan fingerprint density at radius 1 is 1.30 bits per heavy atom. The predicted octanol–water partition coefficient (Wildman–Crippen LogP) is 3.11. The molecule has 0 aliphatic carbocycles. The monoisotopic (exact) mass is 372 g/mol. The summed E-state index contributed by atoms with van der Waals surface area (Å²) in [4.78, 5) is 0. The van der Waals surface area contributed by atoms with Crippen LogP contribution in [0.1, 0.15) is 34.1 Å². The topological polar surface area (TPSA) is 36.9 Å². The largest absolute Gasteiger partial charge is 0.412 e. The molecule has 4 radical (unpaired) electrons. The maximum atomic E-state index is 6.55. The van der Waals surface area contributed by atoms with Crippen molar-refractivity contribution in [1.29, 1.82) is 0 Å². The molecule has 0 amide bonds. The van der Waals surface area contributed by atoms with Gasteiger partial charge in [0.15, 0.2) is 15.9 Å². The minimum atomic E-state index is -2.66. The van der Waals surface area contributed by atoms with E-state index in [0.29, 0.717) is 19.6 Å². The second kappa shape index (κ2) is 6.53. The third kappa shape index (κ3) is 4.16. The summed E-state index contributed by atoms with van der Waals surface area (Å²) in [5, 5.41) is 0.115. The molecule has 0 aromatic heterocycles. The quantitative estimate of drug-likeness (QED) is 0.550. The Kier molecular flexibility index (Phi) is 5.72. The van der Waals surface area contributed by atoms with Gasteiger partial charge in [-0.05, 0) is 29.9 Å². The fourth-order valence-electron chi connectivity index (χ4n) is 2.82. The van der Waals surface area contributed by atoms with Gasteiger partial charge in [0, 0.05) is 18.3 Å². The summed E-state index contributed by atoms with van der Waals surface area (Å²) in [6.45, 7) is 14.0. The molecule has 2 saturated heterocycles. The smallest absolute Gasteiger partial charge is 0.200 e. The molecule has 0 saturated carbocycles. The van der Waals surface area contributed by atoms with Crippen LogP contribution in [0, 0.1) is 5.92 Å². The summed E-state index contributed by atoms with van der Waals surface area (Å²) in [6.07, 6.45) is -2.16. The van der Waals surface area contributed by atoms with E-state index in [1.54, 1.807) is 0 Å². The maximum Gasteiger partial charge on any atom is 0.200 e. The first kappa shape index (κ1) is 20.2. The van der Waals surface area contributed by atoms with Crippen LogP contribution in [-0.4, -0.2) is 54.7 Å². The average Bonchev–Trinajstić information content (AvgIpc) is 2.53. The van der Waals surface area contributed by atoms with Gasteiger partial charge in [-0.15, -0.1) is 0 Å². The van der Waals surface area contributed by atoms with E-state index in [1.165, 1.54) is 0 Å². The summed E-state index contributed by atoms with van der Waals surface area (Å²) < 4.78 is 23.8. The molecule has 2 fully saturated rings. The molecule has 4 nitrogen and oxygen atoms in total. The van der Waals surface area contributed by atoms with Crippen molar-refractivity contribution in [3.05, 3.63) is 0 Å². The molecule has 9 heteroatoms. The highest BCUT2D eigenvalue weighted by atomic mass is 32.4. The second-order valence-electron chi connectivity index (χ2n) is 8.18. The summed E-state index contributed by atoms with van der Waals surface area (Å²) in [7, 11) is 10.2. The first-order chi connectivity index (χ1) is 10.3. The first-order valence-electron chi connectivity index (χ1n) is 8.09. The molecule has 2 aliphatic heterocycles. The number of ether oxygens (including phenoxy) is 1. The molecule has 0 N–H and O–H groups in total. The molecule has 2 heterocycles. The lowest BCUT2D eigenvalue weighted by Crippen LogP contribution is -2.49. The Balaban J connectivity index is 2.18.